The molecule has 0 saturated carbocycles. The molecule has 88 valence electrons. The Morgan fingerprint density at radius 2 is 2.19 bits per heavy atom. The van der Waals surface area contributed by atoms with Gasteiger partial charge in [0.25, 0.3) is 0 Å². The molecule has 2 rings (SSSR count). The standard InChI is InChI=1S/C12H17NO2S/c1-14-11-5-4-10(12(8-11)15-2)9-13-6-3-7-16-13/h4-5,8H,3,6-7,9H2,1-2H3. The molecule has 16 heavy (non-hydrogen) atoms. The molecule has 1 aromatic carbocycles. The molecule has 0 N–H and O–H groups in total. The van der Waals surface area contributed by atoms with E-state index in [1.807, 2.05) is 24.1 Å². The second kappa shape index (κ2) is 5.46. The van der Waals surface area contributed by atoms with E-state index in [-0.39, 0.29) is 0 Å². The summed E-state index contributed by atoms with van der Waals surface area (Å²) in [5, 5.41) is 0. The van der Waals surface area contributed by atoms with Crippen LogP contribution in [-0.4, -0.2) is 30.8 Å². The van der Waals surface area contributed by atoms with Gasteiger partial charge in [0.05, 0.1) is 14.2 Å². The highest BCUT2D eigenvalue weighted by molar-refractivity contribution is 7.97. The van der Waals surface area contributed by atoms with Crippen LogP contribution in [0.25, 0.3) is 0 Å². The summed E-state index contributed by atoms with van der Waals surface area (Å²) in [5.41, 5.74) is 1.22. The van der Waals surface area contributed by atoms with Crippen LogP contribution >= 0.6 is 11.9 Å². The number of rotatable bonds is 4. The van der Waals surface area contributed by atoms with Gasteiger partial charge < -0.3 is 9.47 Å². The maximum Gasteiger partial charge on any atom is 0.127 e. The van der Waals surface area contributed by atoms with Crippen LogP contribution in [-0.2, 0) is 6.54 Å². The fraction of sp³-hybridized carbons (Fsp3) is 0.500. The zero-order chi connectivity index (χ0) is 11.4. The fourth-order valence-corrected chi connectivity index (χ4v) is 2.80. The van der Waals surface area contributed by atoms with E-state index in [1.54, 1.807) is 14.2 Å². The molecule has 1 fully saturated rings. The molecule has 0 amide bonds. The van der Waals surface area contributed by atoms with Gasteiger partial charge in [0.1, 0.15) is 11.5 Å². The number of hydrogen-bond donors (Lipinski definition) is 0. The first-order valence-electron chi connectivity index (χ1n) is 5.42. The van der Waals surface area contributed by atoms with Gasteiger partial charge in [-0.1, -0.05) is 18.0 Å². The molecule has 1 aliphatic rings. The molecule has 3 nitrogen and oxygen atoms in total. The number of hydrogen-bond acceptors (Lipinski definition) is 4. The molecule has 1 saturated heterocycles. The molecular formula is C12H17NO2S. The van der Waals surface area contributed by atoms with Gasteiger partial charge in [-0.3, -0.25) is 0 Å². The normalized spacial score (nSPS) is 16.4. The summed E-state index contributed by atoms with van der Waals surface area (Å²) in [4.78, 5) is 0. The van der Waals surface area contributed by atoms with Gasteiger partial charge in [-0.15, -0.1) is 0 Å². The average Bonchev–Trinajstić information content (AvgIpc) is 2.82. The second-order valence-electron chi connectivity index (χ2n) is 3.73. The van der Waals surface area contributed by atoms with Crippen molar-refractivity contribution < 1.29 is 9.47 Å². The van der Waals surface area contributed by atoms with Gasteiger partial charge in [-0.25, -0.2) is 4.31 Å². The van der Waals surface area contributed by atoms with Crippen LogP contribution in [0.15, 0.2) is 18.2 Å². The Morgan fingerprint density at radius 1 is 1.31 bits per heavy atom. The van der Waals surface area contributed by atoms with E-state index in [1.165, 1.54) is 24.3 Å². The highest BCUT2D eigenvalue weighted by atomic mass is 32.2. The minimum Gasteiger partial charge on any atom is -0.497 e. The lowest BCUT2D eigenvalue weighted by molar-refractivity contribution is 0.384. The van der Waals surface area contributed by atoms with Crippen LogP contribution in [0.2, 0.25) is 0 Å². The van der Waals surface area contributed by atoms with Crippen LogP contribution in [0.4, 0.5) is 0 Å². The Balaban J connectivity index is 2.12. The predicted octanol–water partition coefficient (Wildman–Crippen LogP) is 2.56. The Kier molecular flexibility index (Phi) is 3.96. The molecule has 0 bridgehead atoms. The minimum atomic E-state index is 0.842. The lowest BCUT2D eigenvalue weighted by atomic mass is 10.2. The van der Waals surface area contributed by atoms with E-state index in [9.17, 15) is 0 Å². The van der Waals surface area contributed by atoms with Crippen molar-refractivity contribution in [3.05, 3.63) is 23.8 Å². The fourth-order valence-electron chi connectivity index (χ4n) is 1.80. The molecular weight excluding hydrogens is 222 g/mol. The van der Waals surface area contributed by atoms with Crippen molar-refractivity contribution >= 4 is 11.9 Å². The molecule has 1 aromatic rings. The Hall–Kier alpha value is -0.870. The summed E-state index contributed by atoms with van der Waals surface area (Å²) in [6.45, 7) is 2.11. The molecule has 0 unspecified atom stereocenters. The average molecular weight is 239 g/mol. The molecule has 0 aliphatic carbocycles. The van der Waals surface area contributed by atoms with E-state index in [0.717, 1.165) is 18.0 Å². The van der Waals surface area contributed by atoms with Gasteiger partial charge in [0.2, 0.25) is 0 Å². The summed E-state index contributed by atoms with van der Waals surface area (Å²) in [6.07, 6.45) is 1.28. The van der Waals surface area contributed by atoms with Crippen molar-refractivity contribution in [3.8, 4) is 11.5 Å². The van der Waals surface area contributed by atoms with Crippen molar-refractivity contribution in [2.75, 3.05) is 26.5 Å². The van der Waals surface area contributed by atoms with E-state index in [2.05, 4.69) is 10.4 Å². The topological polar surface area (TPSA) is 21.7 Å². The molecule has 0 aromatic heterocycles. The lowest BCUT2D eigenvalue weighted by Gasteiger charge is -2.16. The summed E-state index contributed by atoms with van der Waals surface area (Å²) in [6, 6.07) is 6.01. The third kappa shape index (κ3) is 2.62. The van der Waals surface area contributed by atoms with Crippen molar-refractivity contribution in [2.24, 2.45) is 0 Å². The number of ether oxygens (including phenoxy) is 2. The molecule has 1 heterocycles. The summed E-state index contributed by atoms with van der Waals surface area (Å²) < 4.78 is 12.9. The zero-order valence-electron chi connectivity index (χ0n) is 9.73. The third-order valence-electron chi connectivity index (χ3n) is 2.67. The first-order chi connectivity index (χ1) is 7.83. The summed E-state index contributed by atoms with van der Waals surface area (Å²) >= 11 is 1.91. The highest BCUT2D eigenvalue weighted by Crippen LogP contribution is 2.29. The SMILES string of the molecule is COc1ccc(CN2CCCS2)c(OC)c1. The first kappa shape index (κ1) is 11.6. The van der Waals surface area contributed by atoms with Crippen LogP contribution in [0.3, 0.4) is 0 Å². The van der Waals surface area contributed by atoms with Gasteiger partial charge >= 0.3 is 0 Å². The maximum absolute atomic E-state index is 5.38. The maximum atomic E-state index is 5.38. The second-order valence-corrected chi connectivity index (χ2v) is 4.91. The van der Waals surface area contributed by atoms with E-state index in [0.29, 0.717) is 0 Å². The predicted molar refractivity (Wildman–Crippen MR) is 67.0 cm³/mol. The molecule has 0 atom stereocenters. The van der Waals surface area contributed by atoms with Crippen LogP contribution in [0, 0.1) is 0 Å². The number of benzene rings is 1. The Bertz CT molecular complexity index is 351. The van der Waals surface area contributed by atoms with Crippen molar-refractivity contribution in [3.63, 3.8) is 0 Å². The van der Waals surface area contributed by atoms with E-state index < -0.39 is 0 Å². The highest BCUT2D eigenvalue weighted by Gasteiger charge is 2.15. The van der Waals surface area contributed by atoms with Gasteiger partial charge in [-0.2, -0.15) is 0 Å². The molecule has 1 aliphatic heterocycles. The smallest absolute Gasteiger partial charge is 0.127 e. The lowest BCUT2D eigenvalue weighted by Crippen LogP contribution is -2.11. The minimum absolute atomic E-state index is 0.842. The van der Waals surface area contributed by atoms with Crippen LogP contribution < -0.4 is 9.47 Å². The largest absolute Gasteiger partial charge is 0.497 e. The number of nitrogens with zero attached hydrogens (tertiary/aromatic N) is 1. The van der Waals surface area contributed by atoms with Gasteiger partial charge in [-0.05, 0) is 12.5 Å². The van der Waals surface area contributed by atoms with E-state index in [4.69, 9.17) is 9.47 Å². The van der Waals surface area contributed by atoms with Crippen molar-refractivity contribution in [2.45, 2.75) is 13.0 Å². The van der Waals surface area contributed by atoms with E-state index >= 15 is 0 Å². The van der Waals surface area contributed by atoms with Crippen molar-refractivity contribution in [1.82, 2.24) is 4.31 Å². The summed E-state index contributed by atoms with van der Waals surface area (Å²) in [5.74, 6) is 2.99. The summed E-state index contributed by atoms with van der Waals surface area (Å²) in [7, 11) is 3.38. The Labute approximate surface area is 101 Å². The number of methoxy groups -OCH3 is 2. The molecule has 0 spiro atoms. The first-order valence-corrected chi connectivity index (χ1v) is 6.36. The van der Waals surface area contributed by atoms with Crippen LogP contribution in [0.5, 0.6) is 11.5 Å². The van der Waals surface area contributed by atoms with Gasteiger partial charge in [0.15, 0.2) is 0 Å². The van der Waals surface area contributed by atoms with Gasteiger partial charge in [0, 0.05) is 30.5 Å². The molecule has 0 radical (unpaired) electrons. The van der Waals surface area contributed by atoms with Crippen molar-refractivity contribution in [1.29, 1.82) is 0 Å². The molecule has 4 heteroatoms. The van der Waals surface area contributed by atoms with Crippen LogP contribution in [0.1, 0.15) is 12.0 Å². The quantitative estimate of drug-likeness (QED) is 0.753. The third-order valence-corrected chi connectivity index (χ3v) is 3.81. The Morgan fingerprint density at radius 3 is 2.81 bits per heavy atom. The zero-order valence-corrected chi connectivity index (χ0v) is 10.5. The monoisotopic (exact) mass is 239 g/mol.